The number of hydrogen-bond donors (Lipinski definition) is 2. The van der Waals surface area contributed by atoms with E-state index in [0.717, 1.165) is 19.3 Å². The molecule has 22 heavy (non-hydrogen) atoms. The molecule has 0 bridgehead atoms. The van der Waals surface area contributed by atoms with Gasteiger partial charge in [-0.3, -0.25) is 4.79 Å². The largest absolute Gasteiger partial charge is 0.481 e. The van der Waals surface area contributed by atoms with Crippen molar-refractivity contribution < 1.29 is 14.7 Å². The first kappa shape index (κ1) is 16.8. The van der Waals surface area contributed by atoms with E-state index >= 15 is 0 Å². The van der Waals surface area contributed by atoms with Crippen LogP contribution in [0.15, 0.2) is 11.6 Å². The Labute approximate surface area is 132 Å². The molecule has 1 aliphatic carbocycles. The SMILES string of the molecule is CC1CC(C(=O)O)CN(C(=O)NCCC2=CCCCCC2)C1. The van der Waals surface area contributed by atoms with Crippen LogP contribution in [0.2, 0.25) is 0 Å². The summed E-state index contributed by atoms with van der Waals surface area (Å²) in [5.41, 5.74) is 1.45. The molecule has 5 heteroatoms. The van der Waals surface area contributed by atoms with Crippen molar-refractivity contribution in [3.05, 3.63) is 11.6 Å². The second-order valence-corrected chi connectivity index (χ2v) is 6.72. The third-order valence-corrected chi connectivity index (χ3v) is 4.65. The molecular formula is C17H28N2O3. The van der Waals surface area contributed by atoms with Crippen molar-refractivity contribution in [1.82, 2.24) is 10.2 Å². The molecule has 2 unspecified atom stereocenters. The third kappa shape index (κ3) is 5.04. The summed E-state index contributed by atoms with van der Waals surface area (Å²) >= 11 is 0. The van der Waals surface area contributed by atoms with Gasteiger partial charge in [0.2, 0.25) is 0 Å². The van der Waals surface area contributed by atoms with E-state index in [0.29, 0.717) is 26.1 Å². The number of nitrogens with zero attached hydrogens (tertiary/aromatic N) is 1. The summed E-state index contributed by atoms with van der Waals surface area (Å²) in [5.74, 6) is -0.989. The maximum atomic E-state index is 12.2. The molecule has 0 saturated carbocycles. The first-order valence-corrected chi connectivity index (χ1v) is 8.49. The van der Waals surface area contributed by atoms with Gasteiger partial charge in [-0.2, -0.15) is 0 Å². The van der Waals surface area contributed by atoms with Crippen LogP contribution in [-0.2, 0) is 4.79 Å². The zero-order valence-electron chi connectivity index (χ0n) is 13.5. The van der Waals surface area contributed by atoms with Crippen molar-refractivity contribution in [2.24, 2.45) is 11.8 Å². The highest BCUT2D eigenvalue weighted by molar-refractivity contribution is 5.76. The van der Waals surface area contributed by atoms with Gasteiger partial charge in [0.15, 0.2) is 0 Å². The first-order valence-electron chi connectivity index (χ1n) is 8.49. The summed E-state index contributed by atoms with van der Waals surface area (Å²) in [5, 5.41) is 12.1. The molecule has 2 aliphatic rings. The zero-order valence-corrected chi connectivity index (χ0v) is 13.5. The molecule has 2 amide bonds. The molecule has 1 fully saturated rings. The summed E-state index contributed by atoms with van der Waals surface area (Å²) in [7, 11) is 0. The molecule has 0 radical (unpaired) electrons. The highest BCUT2D eigenvalue weighted by atomic mass is 16.4. The number of urea groups is 1. The molecule has 124 valence electrons. The number of carbonyl (C=O) groups is 2. The van der Waals surface area contributed by atoms with Crippen molar-refractivity contribution >= 4 is 12.0 Å². The van der Waals surface area contributed by atoms with E-state index in [4.69, 9.17) is 5.11 Å². The lowest BCUT2D eigenvalue weighted by Gasteiger charge is -2.34. The fraction of sp³-hybridized carbons (Fsp3) is 0.765. The minimum absolute atomic E-state index is 0.118. The van der Waals surface area contributed by atoms with Crippen LogP contribution in [0.5, 0.6) is 0 Å². The fourth-order valence-corrected chi connectivity index (χ4v) is 3.45. The number of rotatable bonds is 4. The lowest BCUT2D eigenvalue weighted by Crippen LogP contribution is -2.49. The molecule has 0 aromatic carbocycles. The number of nitrogens with one attached hydrogen (secondary N) is 1. The second kappa shape index (κ2) is 8.20. The molecule has 1 heterocycles. The predicted molar refractivity (Wildman–Crippen MR) is 85.7 cm³/mol. The number of piperidine rings is 1. The summed E-state index contributed by atoms with van der Waals surface area (Å²) < 4.78 is 0. The molecule has 0 aromatic heterocycles. The van der Waals surface area contributed by atoms with E-state index < -0.39 is 11.9 Å². The minimum Gasteiger partial charge on any atom is -0.481 e. The molecule has 1 saturated heterocycles. The van der Waals surface area contributed by atoms with Gasteiger partial charge in [-0.1, -0.05) is 25.0 Å². The van der Waals surface area contributed by atoms with E-state index in [1.54, 1.807) is 4.90 Å². The van der Waals surface area contributed by atoms with E-state index in [1.165, 1.54) is 24.8 Å². The molecule has 5 nitrogen and oxygen atoms in total. The van der Waals surface area contributed by atoms with Gasteiger partial charge in [-0.15, -0.1) is 0 Å². The predicted octanol–water partition coefficient (Wildman–Crippen LogP) is 3.02. The van der Waals surface area contributed by atoms with Crippen molar-refractivity contribution in [1.29, 1.82) is 0 Å². The number of carbonyl (C=O) groups excluding carboxylic acids is 1. The fourth-order valence-electron chi connectivity index (χ4n) is 3.45. The quantitative estimate of drug-likeness (QED) is 0.784. The Bertz CT molecular complexity index is 434. The van der Waals surface area contributed by atoms with Crippen LogP contribution < -0.4 is 5.32 Å². The number of likely N-dealkylation sites (tertiary alicyclic amines) is 1. The summed E-state index contributed by atoms with van der Waals surface area (Å²) in [4.78, 5) is 25.0. The van der Waals surface area contributed by atoms with Crippen LogP contribution in [0.1, 0.15) is 51.9 Å². The van der Waals surface area contributed by atoms with Gasteiger partial charge in [0.05, 0.1) is 5.92 Å². The minimum atomic E-state index is -0.798. The Balaban J connectivity index is 1.76. The Morgan fingerprint density at radius 1 is 1.32 bits per heavy atom. The number of allylic oxidation sites excluding steroid dienone is 1. The van der Waals surface area contributed by atoms with Crippen LogP contribution in [0.25, 0.3) is 0 Å². The van der Waals surface area contributed by atoms with Gasteiger partial charge in [0, 0.05) is 19.6 Å². The zero-order chi connectivity index (χ0) is 15.9. The molecule has 1 aliphatic heterocycles. The van der Waals surface area contributed by atoms with Crippen LogP contribution in [-0.4, -0.2) is 41.6 Å². The highest BCUT2D eigenvalue weighted by Crippen LogP contribution is 2.22. The number of carboxylic acid groups (broad SMARTS) is 1. The Morgan fingerprint density at radius 3 is 2.91 bits per heavy atom. The standard InChI is InChI=1S/C17H28N2O3/c1-13-10-15(16(20)21)12-19(11-13)17(22)18-9-8-14-6-4-2-3-5-7-14/h6,13,15H,2-5,7-12H2,1H3,(H,18,22)(H,20,21). The van der Waals surface area contributed by atoms with Gasteiger partial charge in [-0.05, 0) is 44.4 Å². The second-order valence-electron chi connectivity index (χ2n) is 6.72. The van der Waals surface area contributed by atoms with Gasteiger partial charge in [-0.25, -0.2) is 4.79 Å². The van der Waals surface area contributed by atoms with Crippen molar-refractivity contribution in [2.75, 3.05) is 19.6 Å². The van der Waals surface area contributed by atoms with Gasteiger partial charge >= 0.3 is 12.0 Å². The van der Waals surface area contributed by atoms with E-state index in [9.17, 15) is 9.59 Å². The average molecular weight is 308 g/mol. The number of aliphatic carboxylic acids is 1. The summed E-state index contributed by atoms with van der Waals surface area (Å²) in [6.45, 7) is 3.63. The summed E-state index contributed by atoms with van der Waals surface area (Å²) in [6.07, 6.45) is 10.0. The lowest BCUT2D eigenvalue weighted by molar-refractivity contribution is -0.143. The molecular weight excluding hydrogens is 280 g/mol. The first-order chi connectivity index (χ1) is 10.6. The number of carboxylic acids is 1. The van der Waals surface area contributed by atoms with E-state index in [2.05, 4.69) is 11.4 Å². The number of hydrogen-bond acceptors (Lipinski definition) is 2. The molecule has 2 N–H and O–H groups in total. The average Bonchev–Trinajstić information content (AvgIpc) is 2.75. The Hall–Kier alpha value is -1.52. The maximum absolute atomic E-state index is 12.2. The van der Waals surface area contributed by atoms with Crippen LogP contribution in [0.3, 0.4) is 0 Å². The lowest BCUT2D eigenvalue weighted by atomic mass is 9.91. The van der Waals surface area contributed by atoms with Gasteiger partial charge < -0.3 is 15.3 Å². The van der Waals surface area contributed by atoms with Crippen LogP contribution >= 0.6 is 0 Å². The monoisotopic (exact) mass is 308 g/mol. The Kier molecular flexibility index (Phi) is 6.28. The normalized spacial score (nSPS) is 26.0. The van der Waals surface area contributed by atoms with Crippen molar-refractivity contribution in [3.63, 3.8) is 0 Å². The third-order valence-electron chi connectivity index (χ3n) is 4.65. The smallest absolute Gasteiger partial charge is 0.317 e. The molecule has 0 aromatic rings. The Morgan fingerprint density at radius 2 is 2.14 bits per heavy atom. The highest BCUT2D eigenvalue weighted by Gasteiger charge is 2.31. The topological polar surface area (TPSA) is 69.6 Å². The van der Waals surface area contributed by atoms with Crippen LogP contribution in [0.4, 0.5) is 4.79 Å². The number of amides is 2. The van der Waals surface area contributed by atoms with Crippen LogP contribution in [0, 0.1) is 11.8 Å². The van der Waals surface area contributed by atoms with Gasteiger partial charge in [0.25, 0.3) is 0 Å². The molecule has 0 spiro atoms. The van der Waals surface area contributed by atoms with E-state index in [-0.39, 0.29) is 11.9 Å². The van der Waals surface area contributed by atoms with Gasteiger partial charge in [0.1, 0.15) is 0 Å². The van der Waals surface area contributed by atoms with E-state index in [1.807, 2.05) is 6.92 Å². The summed E-state index contributed by atoms with van der Waals surface area (Å²) in [6, 6.07) is -0.118. The van der Waals surface area contributed by atoms with Crippen molar-refractivity contribution in [2.45, 2.75) is 51.9 Å². The van der Waals surface area contributed by atoms with Crippen molar-refractivity contribution in [3.8, 4) is 0 Å². The maximum Gasteiger partial charge on any atom is 0.317 e. The molecule has 2 atom stereocenters. The molecule has 2 rings (SSSR count).